The van der Waals surface area contributed by atoms with Gasteiger partial charge in [0.2, 0.25) is 6.29 Å². The molecule has 4 nitrogen and oxygen atoms in total. The van der Waals surface area contributed by atoms with Crippen LogP contribution >= 0.6 is 0 Å². The van der Waals surface area contributed by atoms with Crippen molar-refractivity contribution in [2.45, 2.75) is 90.8 Å². The van der Waals surface area contributed by atoms with Gasteiger partial charge in [-0.3, -0.25) is 0 Å². The fourth-order valence-electron chi connectivity index (χ4n) is 2.24. The summed E-state index contributed by atoms with van der Waals surface area (Å²) in [5.74, 6) is -0.434. The van der Waals surface area contributed by atoms with Gasteiger partial charge >= 0.3 is 5.97 Å². The van der Waals surface area contributed by atoms with Gasteiger partial charge in [0.05, 0.1) is 0 Å². The molecule has 0 aliphatic rings. The summed E-state index contributed by atoms with van der Waals surface area (Å²) in [6.45, 7) is 3.77. The second-order valence-electron chi connectivity index (χ2n) is 5.88. The Labute approximate surface area is 135 Å². The molecule has 0 aromatic rings. The number of aliphatic hydroxyl groups is 2. The van der Waals surface area contributed by atoms with Gasteiger partial charge in [-0.05, 0) is 26.7 Å². The van der Waals surface area contributed by atoms with Gasteiger partial charge in [0, 0.05) is 18.6 Å². The second-order valence-corrected chi connectivity index (χ2v) is 5.88. The Hall–Kier alpha value is -0.870. The van der Waals surface area contributed by atoms with E-state index in [2.05, 4.69) is 0 Å². The minimum Gasteiger partial charge on any atom is -0.433 e. The number of allylic oxidation sites excluding steroid dienone is 1. The standard InChI is InChI=1S/C18H34O4/c1-3-16(2)18(21)22-17(20)14-12-10-8-6-4-5-7-9-11-13-15-19/h3,17,19-20H,4-15H2,1-2H3. The first-order chi connectivity index (χ1) is 10.6. The van der Waals surface area contributed by atoms with E-state index in [1.54, 1.807) is 19.9 Å². The van der Waals surface area contributed by atoms with Crippen molar-refractivity contribution >= 4 is 5.97 Å². The lowest BCUT2D eigenvalue weighted by Crippen LogP contribution is -2.18. The summed E-state index contributed by atoms with van der Waals surface area (Å²) in [6.07, 6.45) is 12.7. The van der Waals surface area contributed by atoms with E-state index in [1.807, 2.05) is 0 Å². The second kappa shape index (κ2) is 15.0. The van der Waals surface area contributed by atoms with Crippen molar-refractivity contribution in [3.8, 4) is 0 Å². The summed E-state index contributed by atoms with van der Waals surface area (Å²) in [7, 11) is 0. The SMILES string of the molecule is CC=C(C)C(=O)OC(O)CCCCCCCCCCCCO. The largest absolute Gasteiger partial charge is 0.433 e. The lowest BCUT2D eigenvalue weighted by molar-refractivity contribution is -0.163. The van der Waals surface area contributed by atoms with E-state index in [-0.39, 0.29) is 0 Å². The molecule has 130 valence electrons. The third-order valence-electron chi connectivity index (χ3n) is 3.86. The molecule has 0 spiro atoms. The highest BCUT2D eigenvalue weighted by molar-refractivity contribution is 5.87. The van der Waals surface area contributed by atoms with Gasteiger partial charge in [-0.25, -0.2) is 4.79 Å². The molecule has 0 aromatic heterocycles. The van der Waals surface area contributed by atoms with Crippen molar-refractivity contribution in [3.63, 3.8) is 0 Å². The van der Waals surface area contributed by atoms with Gasteiger partial charge in [-0.2, -0.15) is 0 Å². The number of unbranched alkanes of at least 4 members (excludes halogenated alkanes) is 9. The summed E-state index contributed by atoms with van der Waals surface area (Å²) in [4.78, 5) is 11.4. The van der Waals surface area contributed by atoms with Gasteiger partial charge < -0.3 is 14.9 Å². The van der Waals surface area contributed by atoms with Gasteiger partial charge in [0.1, 0.15) is 0 Å². The van der Waals surface area contributed by atoms with Crippen LogP contribution in [0.25, 0.3) is 0 Å². The fraction of sp³-hybridized carbons (Fsp3) is 0.833. The molecule has 1 unspecified atom stereocenters. The summed E-state index contributed by atoms with van der Waals surface area (Å²) in [6, 6.07) is 0. The van der Waals surface area contributed by atoms with Crippen LogP contribution in [0.2, 0.25) is 0 Å². The third kappa shape index (κ3) is 12.8. The highest BCUT2D eigenvalue weighted by Gasteiger charge is 2.11. The molecule has 0 amide bonds. The highest BCUT2D eigenvalue weighted by atomic mass is 16.6. The van der Waals surface area contributed by atoms with Crippen molar-refractivity contribution in [1.29, 1.82) is 0 Å². The molecule has 0 fully saturated rings. The van der Waals surface area contributed by atoms with Crippen molar-refractivity contribution in [2.24, 2.45) is 0 Å². The number of carbonyl (C=O) groups excluding carboxylic acids is 1. The predicted octanol–water partition coefficient (Wildman–Crippen LogP) is 4.10. The monoisotopic (exact) mass is 314 g/mol. The summed E-state index contributed by atoms with van der Waals surface area (Å²) in [5.41, 5.74) is 0.526. The summed E-state index contributed by atoms with van der Waals surface area (Å²) >= 11 is 0. The third-order valence-corrected chi connectivity index (χ3v) is 3.86. The maximum absolute atomic E-state index is 11.4. The highest BCUT2D eigenvalue weighted by Crippen LogP contribution is 2.12. The van der Waals surface area contributed by atoms with Crippen molar-refractivity contribution in [2.75, 3.05) is 6.61 Å². The van der Waals surface area contributed by atoms with Crippen LogP contribution in [0.15, 0.2) is 11.6 Å². The lowest BCUT2D eigenvalue weighted by Gasteiger charge is -2.12. The number of carbonyl (C=O) groups is 1. The molecule has 0 aromatic carbocycles. The Balaban J connectivity index is 3.33. The van der Waals surface area contributed by atoms with Gasteiger partial charge in [-0.1, -0.05) is 57.4 Å². The molecule has 2 N–H and O–H groups in total. The smallest absolute Gasteiger partial charge is 0.335 e. The first kappa shape index (κ1) is 21.1. The first-order valence-electron chi connectivity index (χ1n) is 8.74. The zero-order chi connectivity index (χ0) is 16.6. The average Bonchev–Trinajstić information content (AvgIpc) is 2.51. The molecule has 0 aliphatic carbocycles. The first-order valence-corrected chi connectivity index (χ1v) is 8.74. The van der Waals surface area contributed by atoms with E-state index in [0.717, 1.165) is 25.7 Å². The van der Waals surface area contributed by atoms with Crippen molar-refractivity contribution in [1.82, 2.24) is 0 Å². The molecule has 1 atom stereocenters. The zero-order valence-corrected chi connectivity index (χ0v) is 14.4. The zero-order valence-electron chi connectivity index (χ0n) is 14.4. The number of rotatable bonds is 14. The van der Waals surface area contributed by atoms with Crippen LogP contribution in [0.3, 0.4) is 0 Å². The Morgan fingerprint density at radius 2 is 1.41 bits per heavy atom. The van der Waals surface area contributed by atoms with Crippen LogP contribution < -0.4 is 0 Å². The van der Waals surface area contributed by atoms with Crippen molar-refractivity contribution < 1.29 is 19.7 Å². The number of esters is 1. The Kier molecular flexibility index (Phi) is 14.4. The summed E-state index contributed by atoms with van der Waals surface area (Å²) in [5, 5.41) is 18.3. The molecule has 0 saturated heterocycles. The van der Waals surface area contributed by atoms with E-state index in [4.69, 9.17) is 9.84 Å². The van der Waals surface area contributed by atoms with Gasteiger partial charge in [-0.15, -0.1) is 0 Å². The number of hydrogen-bond acceptors (Lipinski definition) is 4. The maximum atomic E-state index is 11.4. The number of ether oxygens (including phenoxy) is 1. The predicted molar refractivity (Wildman–Crippen MR) is 89.4 cm³/mol. The summed E-state index contributed by atoms with van der Waals surface area (Å²) < 4.78 is 4.93. The quantitative estimate of drug-likeness (QED) is 0.219. The van der Waals surface area contributed by atoms with E-state index in [9.17, 15) is 9.90 Å². The Morgan fingerprint density at radius 1 is 0.955 bits per heavy atom. The minimum atomic E-state index is -0.978. The molecule has 0 heterocycles. The van der Waals surface area contributed by atoms with Crippen LogP contribution in [-0.4, -0.2) is 29.1 Å². The fourth-order valence-corrected chi connectivity index (χ4v) is 2.24. The van der Waals surface area contributed by atoms with Crippen LogP contribution in [-0.2, 0) is 9.53 Å². The molecule has 4 heteroatoms. The molecule has 0 radical (unpaired) electrons. The Morgan fingerprint density at radius 3 is 1.86 bits per heavy atom. The average molecular weight is 314 g/mol. The molecule has 0 saturated carbocycles. The van der Waals surface area contributed by atoms with Crippen LogP contribution in [0.4, 0.5) is 0 Å². The van der Waals surface area contributed by atoms with Crippen LogP contribution in [0.1, 0.15) is 84.5 Å². The van der Waals surface area contributed by atoms with E-state index < -0.39 is 12.3 Å². The molecule has 0 aliphatic heterocycles. The number of aliphatic hydroxyl groups excluding tert-OH is 2. The molecular formula is C18H34O4. The maximum Gasteiger partial charge on any atom is 0.335 e. The van der Waals surface area contributed by atoms with E-state index in [1.165, 1.54) is 38.5 Å². The molecule has 22 heavy (non-hydrogen) atoms. The number of hydrogen-bond donors (Lipinski definition) is 2. The van der Waals surface area contributed by atoms with Crippen molar-refractivity contribution in [3.05, 3.63) is 11.6 Å². The molecule has 0 bridgehead atoms. The Bertz CT molecular complexity index is 299. The van der Waals surface area contributed by atoms with E-state index in [0.29, 0.717) is 18.6 Å². The lowest BCUT2D eigenvalue weighted by atomic mass is 10.1. The van der Waals surface area contributed by atoms with Crippen LogP contribution in [0.5, 0.6) is 0 Å². The normalized spacial score (nSPS) is 13.2. The van der Waals surface area contributed by atoms with E-state index >= 15 is 0 Å². The minimum absolute atomic E-state index is 0.315. The van der Waals surface area contributed by atoms with Crippen LogP contribution in [0, 0.1) is 0 Å². The topological polar surface area (TPSA) is 66.8 Å². The van der Waals surface area contributed by atoms with Gasteiger partial charge in [0.15, 0.2) is 0 Å². The molecular weight excluding hydrogens is 280 g/mol. The van der Waals surface area contributed by atoms with Gasteiger partial charge in [0.25, 0.3) is 0 Å². The molecule has 0 rings (SSSR count).